The van der Waals surface area contributed by atoms with Crippen molar-refractivity contribution in [3.63, 3.8) is 0 Å². The smallest absolute Gasteiger partial charge is 0.225 e. The Morgan fingerprint density at radius 2 is 1.81 bits per heavy atom. The molecule has 1 aliphatic carbocycles. The molecule has 1 heterocycles. The second-order valence-corrected chi connectivity index (χ2v) is 7.81. The van der Waals surface area contributed by atoms with Gasteiger partial charge in [-0.2, -0.15) is 0 Å². The van der Waals surface area contributed by atoms with Crippen LogP contribution in [0.15, 0.2) is 17.1 Å². The molecule has 1 aromatic rings. The van der Waals surface area contributed by atoms with Crippen molar-refractivity contribution in [2.24, 2.45) is 10.9 Å². The number of carbonyl (C=O) groups is 1. The standard InChI is InChI=1S/C22H34N4O4.HI/c1-23-22(24-13-16-9-10-18(28-2)20(30-4)19(16)29-3)25-17-11-12-26(14-17)21(27)15-7-5-6-8-15;/h9-10,15,17H,5-8,11-14H2,1-4H3,(H2,23,24,25);1H. The molecule has 2 aliphatic rings. The average molecular weight is 546 g/mol. The summed E-state index contributed by atoms with van der Waals surface area (Å²) >= 11 is 0. The molecule has 0 aromatic heterocycles. The highest BCUT2D eigenvalue weighted by Gasteiger charge is 2.32. The second kappa shape index (κ2) is 12.2. The van der Waals surface area contributed by atoms with Gasteiger partial charge in [-0.15, -0.1) is 24.0 Å². The molecular weight excluding hydrogens is 511 g/mol. The fraction of sp³-hybridized carbons (Fsp3) is 0.636. The van der Waals surface area contributed by atoms with Gasteiger partial charge in [-0.3, -0.25) is 9.79 Å². The number of hydrogen-bond donors (Lipinski definition) is 2. The molecule has 0 radical (unpaired) electrons. The highest BCUT2D eigenvalue weighted by atomic mass is 127. The maximum Gasteiger partial charge on any atom is 0.225 e. The third-order valence-corrected chi connectivity index (χ3v) is 6.00. The summed E-state index contributed by atoms with van der Waals surface area (Å²) in [4.78, 5) is 19.0. The summed E-state index contributed by atoms with van der Waals surface area (Å²) in [6.07, 6.45) is 5.39. The lowest BCUT2D eigenvalue weighted by molar-refractivity contribution is -0.134. The summed E-state index contributed by atoms with van der Waals surface area (Å²) in [5.74, 6) is 3.09. The molecule has 9 heteroatoms. The number of halogens is 1. The number of methoxy groups -OCH3 is 3. The van der Waals surface area contributed by atoms with E-state index in [4.69, 9.17) is 14.2 Å². The number of benzene rings is 1. The van der Waals surface area contributed by atoms with Crippen molar-refractivity contribution in [3.8, 4) is 17.2 Å². The van der Waals surface area contributed by atoms with Crippen LogP contribution < -0.4 is 24.8 Å². The Morgan fingerprint density at radius 3 is 2.42 bits per heavy atom. The number of guanidine groups is 1. The molecule has 0 spiro atoms. The second-order valence-electron chi connectivity index (χ2n) is 7.81. The van der Waals surface area contributed by atoms with Gasteiger partial charge >= 0.3 is 0 Å². The van der Waals surface area contributed by atoms with E-state index in [9.17, 15) is 4.79 Å². The van der Waals surface area contributed by atoms with E-state index in [0.717, 1.165) is 37.9 Å². The minimum Gasteiger partial charge on any atom is -0.493 e. The molecule has 1 saturated carbocycles. The van der Waals surface area contributed by atoms with Crippen molar-refractivity contribution < 1.29 is 19.0 Å². The van der Waals surface area contributed by atoms with Crippen LogP contribution in [0.25, 0.3) is 0 Å². The van der Waals surface area contributed by atoms with E-state index in [0.29, 0.717) is 35.7 Å². The molecule has 1 aromatic carbocycles. The van der Waals surface area contributed by atoms with Gasteiger partial charge in [-0.25, -0.2) is 0 Å². The minimum absolute atomic E-state index is 0. The van der Waals surface area contributed by atoms with E-state index in [2.05, 4.69) is 15.6 Å². The number of rotatable bonds is 7. The first-order valence-electron chi connectivity index (χ1n) is 10.6. The molecule has 1 saturated heterocycles. The average Bonchev–Trinajstić information content (AvgIpc) is 3.47. The van der Waals surface area contributed by atoms with E-state index in [1.165, 1.54) is 12.8 Å². The maximum atomic E-state index is 12.7. The van der Waals surface area contributed by atoms with Crippen LogP contribution >= 0.6 is 24.0 Å². The van der Waals surface area contributed by atoms with E-state index in [1.807, 2.05) is 17.0 Å². The summed E-state index contributed by atoms with van der Waals surface area (Å²) in [6, 6.07) is 4.00. The fourth-order valence-electron chi connectivity index (χ4n) is 4.38. The van der Waals surface area contributed by atoms with Crippen LogP contribution in [0.2, 0.25) is 0 Å². The molecule has 1 aliphatic heterocycles. The number of hydrogen-bond acceptors (Lipinski definition) is 5. The van der Waals surface area contributed by atoms with Crippen LogP contribution in [-0.4, -0.2) is 64.3 Å². The van der Waals surface area contributed by atoms with Gasteiger partial charge in [0.05, 0.1) is 21.3 Å². The van der Waals surface area contributed by atoms with Crippen LogP contribution in [-0.2, 0) is 11.3 Å². The number of carbonyl (C=O) groups excluding carboxylic acids is 1. The zero-order valence-corrected chi connectivity index (χ0v) is 21.2. The first kappa shape index (κ1) is 25.4. The van der Waals surface area contributed by atoms with Gasteiger partial charge in [0.2, 0.25) is 11.7 Å². The lowest BCUT2D eigenvalue weighted by Crippen LogP contribution is -2.45. The van der Waals surface area contributed by atoms with E-state index >= 15 is 0 Å². The minimum atomic E-state index is 0. The number of nitrogens with one attached hydrogen (secondary N) is 2. The monoisotopic (exact) mass is 546 g/mol. The third-order valence-electron chi connectivity index (χ3n) is 6.00. The first-order valence-corrected chi connectivity index (χ1v) is 10.6. The Hall–Kier alpha value is -1.91. The Kier molecular flexibility index (Phi) is 9.98. The summed E-state index contributed by atoms with van der Waals surface area (Å²) in [7, 11) is 6.56. The van der Waals surface area contributed by atoms with Gasteiger partial charge in [0.15, 0.2) is 17.5 Å². The zero-order valence-electron chi connectivity index (χ0n) is 18.9. The molecule has 1 unspecified atom stereocenters. The zero-order chi connectivity index (χ0) is 21.5. The van der Waals surface area contributed by atoms with Crippen molar-refractivity contribution >= 4 is 35.8 Å². The summed E-state index contributed by atoms with van der Waals surface area (Å²) in [6.45, 7) is 2.06. The van der Waals surface area contributed by atoms with Gasteiger partial charge < -0.3 is 29.7 Å². The molecule has 1 atom stereocenters. The Balaban J connectivity index is 0.00000341. The van der Waals surface area contributed by atoms with Crippen LogP contribution in [0.1, 0.15) is 37.7 Å². The van der Waals surface area contributed by atoms with E-state index < -0.39 is 0 Å². The number of amides is 1. The molecular formula is C22H35IN4O4. The molecule has 1 amide bonds. The van der Waals surface area contributed by atoms with Gasteiger partial charge in [-0.05, 0) is 31.4 Å². The molecule has 8 nitrogen and oxygen atoms in total. The van der Waals surface area contributed by atoms with Crippen LogP contribution in [0.5, 0.6) is 17.2 Å². The maximum absolute atomic E-state index is 12.7. The predicted octanol–water partition coefficient (Wildman–Crippen LogP) is 2.79. The molecule has 174 valence electrons. The number of aliphatic imine (C=N–C) groups is 1. The quantitative estimate of drug-likeness (QED) is 0.311. The molecule has 2 N–H and O–H groups in total. The number of likely N-dealkylation sites (tertiary alicyclic amines) is 1. The molecule has 3 rings (SSSR count). The SMILES string of the molecule is CN=C(NCc1ccc(OC)c(OC)c1OC)NC1CCN(C(=O)C2CCCC2)C1.I. The van der Waals surface area contributed by atoms with E-state index in [-0.39, 0.29) is 35.9 Å². The lowest BCUT2D eigenvalue weighted by Gasteiger charge is -2.22. The Labute approximate surface area is 202 Å². The van der Waals surface area contributed by atoms with Crippen molar-refractivity contribution in [2.75, 3.05) is 41.5 Å². The van der Waals surface area contributed by atoms with Crippen molar-refractivity contribution in [1.82, 2.24) is 15.5 Å². The lowest BCUT2D eigenvalue weighted by atomic mass is 10.1. The summed E-state index contributed by atoms with van der Waals surface area (Å²) in [5.41, 5.74) is 0.933. The summed E-state index contributed by atoms with van der Waals surface area (Å²) in [5, 5.41) is 6.78. The van der Waals surface area contributed by atoms with Gasteiger partial charge in [-0.1, -0.05) is 12.8 Å². The normalized spacial score (nSPS) is 19.0. The van der Waals surface area contributed by atoms with Crippen LogP contribution in [0.3, 0.4) is 0 Å². The highest BCUT2D eigenvalue weighted by Crippen LogP contribution is 2.39. The first-order chi connectivity index (χ1) is 14.6. The van der Waals surface area contributed by atoms with Crippen molar-refractivity contribution in [1.29, 1.82) is 0 Å². The predicted molar refractivity (Wildman–Crippen MR) is 132 cm³/mol. The highest BCUT2D eigenvalue weighted by molar-refractivity contribution is 14.0. The van der Waals surface area contributed by atoms with Crippen LogP contribution in [0, 0.1) is 5.92 Å². The summed E-state index contributed by atoms with van der Waals surface area (Å²) < 4.78 is 16.3. The fourth-order valence-corrected chi connectivity index (χ4v) is 4.38. The number of nitrogens with zero attached hydrogens (tertiary/aromatic N) is 2. The largest absolute Gasteiger partial charge is 0.493 e. The molecule has 2 fully saturated rings. The molecule has 31 heavy (non-hydrogen) atoms. The third kappa shape index (κ3) is 6.08. The van der Waals surface area contributed by atoms with Crippen LogP contribution in [0.4, 0.5) is 0 Å². The van der Waals surface area contributed by atoms with E-state index in [1.54, 1.807) is 28.4 Å². The molecule has 0 bridgehead atoms. The topological polar surface area (TPSA) is 84.4 Å². The van der Waals surface area contributed by atoms with Crippen molar-refractivity contribution in [2.45, 2.75) is 44.7 Å². The van der Waals surface area contributed by atoms with Gasteiger partial charge in [0.1, 0.15) is 0 Å². The van der Waals surface area contributed by atoms with Gasteiger partial charge in [0.25, 0.3) is 0 Å². The Morgan fingerprint density at radius 1 is 1.10 bits per heavy atom. The number of ether oxygens (including phenoxy) is 3. The Bertz CT molecular complexity index is 768. The van der Waals surface area contributed by atoms with Gasteiger partial charge in [0, 0.05) is 44.2 Å². The van der Waals surface area contributed by atoms with Crippen molar-refractivity contribution in [3.05, 3.63) is 17.7 Å².